The molecule has 1 atom stereocenters. The number of ether oxygens (including phenoxy) is 1. The van der Waals surface area contributed by atoms with Crippen molar-refractivity contribution in [3.05, 3.63) is 88.9 Å². The van der Waals surface area contributed by atoms with E-state index in [2.05, 4.69) is 5.32 Å². The first-order chi connectivity index (χ1) is 14.2. The Morgan fingerprint density at radius 3 is 2.69 bits per heavy atom. The lowest BCUT2D eigenvalue weighted by atomic mass is 10.2. The summed E-state index contributed by atoms with van der Waals surface area (Å²) in [6, 6.07) is 18.5. The SMILES string of the molecule is CCOc1ccccc1-n1c(C(C)NCc2ccco2)nc2ccccc2c1=O. The van der Waals surface area contributed by atoms with Crippen molar-refractivity contribution in [2.45, 2.75) is 26.4 Å². The van der Waals surface area contributed by atoms with E-state index in [0.29, 0.717) is 41.3 Å². The van der Waals surface area contributed by atoms with Crippen molar-refractivity contribution in [1.29, 1.82) is 0 Å². The highest BCUT2D eigenvalue weighted by Gasteiger charge is 2.20. The minimum Gasteiger partial charge on any atom is -0.492 e. The van der Waals surface area contributed by atoms with E-state index in [4.69, 9.17) is 14.1 Å². The highest BCUT2D eigenvalue weighted by atomic mass is 16.5. The highest BCUT2D eigenvalue weighted by molar-refractivity contribution is 5.78. The zero-order valence-electron chi connectivity index (χ0n) is 16.5. The van der Waals surface area contributed by atoms with Crippen molar-refractivity contribution in [2.24, 2.45) is 0 Å². The maximum Gasteiger partial charge on any atom is 0.266 e. The van der Waals surface area contributed by atoms with Crippen LogP contribution in [-0.4, -0.2) is 16.2 Å². The van der Waals surface area contributed by atoms with Gasteiger partial charge in [-0.1, -0.05) is 24.3 Å². The van der Waals surface area contributed by atoms with Gasteiger partial charge in [-0.3, -0.25) is 9.36 Å². The van der Waals surface area contributed by atoms with E-state index in [1.807, 2.05) is 68.4 Å². The second kappa shape index (κ2) is 8.32. The first-order valence-corrected chi connectivity index (χ1v) is 9.68. The molecule has 0 radical (unpaired) electrons. The lowest BCUT2D eigenvalue weighted by Crippen LogP contribution is -2.30. The molecule has 1 unspecified atom stereocenters. The molecule has 0 saturated heterocycles. The molecule has 2 aromatic heterocycles. The molecule has 6 heteroatoms. The fourth-order valence-electron chi connectivity index (χ4n) is 3.35. The summed E-state index contributed by atoms with van der Waals surface area (Å²) in [5.41, 5.74) is 1.23. The Hall–Kier alpha value is -3.38. The second-order valence-electron chi connectivity index (χ2n) is 6.71. The van der Waals surface area contributed by atoms with Crippen molar-refractivity contribution in [3.8, 4) is 11.4 Å². The van der Waals surface area contributed by atoms with E-state index in [9.17, 15) is 4.79 Å². The monoisotopic (exact) mass is 389 g/mol. The van der Waals surface area contributed by atoms with Gasteiger partial charge in [-0.05, 0) is 50.2 Å². The number of hydrogen-bond acceptors (Lipinski definition) is 5. The molecular weight excluding hydrogens is 366 g/mol. The molecule has 2 heterocycles. The first kappa shape index (κ1) is 19.0. The predicted molar refractivity (Wildman–Crippen MR) is 112 cm³/mol. The van der Waals surface area contributed by atoms with Crippen molar-refractivity contribution >= 4 is 10.9 Å². The molecule has 148 valence electrons. The van der Waals surface area contributed by atoms with Gasteiger partial charge in [0.05, 0.1) is 42.0 Å². The first-order valence-electron chi connectivity index (χ1n) is 9.68. The summed E-state index contributed by atoms with van der Waals surface area (Å²) in [7, 11) is 0. The van der Waals surface area contributed by atoms with E-state index < -0.39 is 0 Å². The number of hydrogen-bond donors (Lipinski definition) is 1. The van der Waals surface area contributed by atoms with Crippen molar-refractivity contribution in [3.63, 3.8) is 0 Å². The molecule has 0 aliphatic carbocycles. The maximum absolute atomic E-state index is 13.5. The van der Waals surface area contributed by atoms with Crippen LogP contribution < -0.4 is 15.6 Å². The number of nitrogens with one attached hydrogen (secondary N) is 1. The maximum atomic E-state index is 13.5. The van der Waals surface area contributed by atoms with Crippen LogP contribution in [0.5, 0.6) is 5.75 Å². The van der Waals surface area contributed by atoms with E-state index >= 15 is 0 Å². The zero-order chi connectivity index (χ0) is 20.2. The second-order valence-corrected chi connectivity index (χ2v) is 6.71. The van der Waals surface area contributed by atoms with E-state index in [-0.39, 0.29) is 11.6 Å². The molecule has 29 heavy (non-hydrogen) atoms. The summed E-state index contributed by atoms with van der Waals surface area (Å²) in [4.78, 5) is 18.3. The van der Waals surface area contributed by atoms with Crippen LogP contribution in [0.2, 0.25) is 0 Å². The van der Waals surface area contributed by atoms with Gasteiger partial charge in [-0.2, -0.15) is 0 Å². The summed E-state index contributed by atoms with van der Waals surface area (Å²) in [5, 5.41) is 3.97. The van der Waals surface area contributed by atoms with Gasteiger partial charge in [0.15, 0.2) is 0 Å². The van der Waals surface area contributed by atoms with Gasteiger partial charge in [0, 0.05) is 0 Å². The van der Waals surface area contributed by atoms with Crippen molar-refractivity contribution in [2.75, 3.05) is 6.61 Å². The topological polar surface area (TPSA) is 69.3 Å². The average Bonchev–Trinajstić information content (AvgIpc) is 3.27. The Balaban J connectivity index is 1.86. The summed E-state index contributed by atoms with van der Waals surface area (Å²) in [5.74, 6) is 2.09. The van der Waals surface area contributed by atoms with Crippen LogP contribution in [0.15, 0.2) is 76.1 Å². The average molecular weight is 389 g/mol. The third kappa shape index (κ3) is 3.79. The molecule has 6 nitrogen and oxygen atoms in total. The molecule has 0 spiro atoms. The van der Waals surface area contributed by atoms with Crippen LogP contribution in [0, 0.1) is 0 Å². The summed E-state index contributed by atoms with van der Waals surface area (Å²) < 4.78 is 12.8. The minimum absolute atomic E-state index is 0.121. The lowest BCUT2D eigenvalue weighted by molar-refractivity contribution is 0.338. The number of fused-ring (bicyclic) bond motifs is 1. The third-order valence-electron chi connectivity index (χ3n) is 4.76. The molecule has 0 fully saturated rings. The number of rotatable bonds is 7. The quantitative estimate of drug-likeness (QED) is 0.512. The van der Waals surface area contributed by atoms with Crippen molar-refractivity contribution < 1.29 is 9.15 Å². The standard InChI is InChI=1S/C23H23N3O3/c1-3-28-21-13-7-6-12-20(21)26-22(16(2)24-15-17-9-8-14-29-17)25-19-11-5-4-10-18(19)23(26)27/h4-14,16,24H,3,15H2,1-2H3. The van der Waals surface area contributed by atoms with Gasteiger partial charge in [-0.25, -0.2) is 4.98 Å². The van der Waals surface area contributed by atoms with Gasteiger partial charge in [-0.15, -0.1) is 0 Å². The molecule has 4 rings (SSSR count). The fraction of sp³-hybridized carbons (Fsp3) is 0.217. The fourth-order valence-corrected chi connectivity index (χ4v) is 3.35. The molecule has 0 bridgehead atoms. The van der Waals surface area contributed by atoms with Crippen LogP contribution in [0.1, 0.15) is 31.5 Å². The van der Waals surface area contributed by atoms with Crippen LogP contribution in [0.25, 0.3) is 16.6 Å². The lowest BCUT2D eigenvalue weighted by Gasteiger charge is -2.21. The number of nitrogens with zero attached hydrogens (tertiary/aromatic N) is 2. The van der Waals surface area contributed by atoms with E-state index in [1.54, 1.807) is 16.9 Å². The van der Waals surface area contributed by atoms with Crippen LogP contribution in [-0.2, 0) is 6.54 Å². The Morgan fingerprint density at radius 1 is 1.10 bits per heavy atom. The molecule has 1 N–H and O–H groups in total. The third-order valence-corrected chi connectivity index (χ3v) is 4.76. The molecule has 0 aliphatic rings. The number of para-hydroxylation sites is 3. The Bertz CT molecular complexity index is 1170. The number of furan rings is 1. The summed E-state index contributed by atoms with van der Waals surface area (Å²) in [6.07, 6.45) is 1.64. The smallest absolute Gasteiger partial charge is 0.266 e. The Labute approximate surface area is 168 Å². The van der Waals surface area contributed by atoms with E-state index in [0.717, 1.165) is 5.76 Å². The normalized spacial score (nSPS) is 12.2. The summed E-state index contributed by atoms with van der Waals surface area (Å²) >= 11 is 0. The van der Waals surface area contributed by atoms with Gasteiger partial charge in [0.25, 0.3) is 5.56 Å². The zero-order valence-corrected chi connectivity index (χ0v) is 16.5. The van der Waals surface area contributed by atoms with Crippen LogP contribution >= 0.6 is 0 Å². The molecular formula is C23H23N3O3. The number of benzene rings is 2. The van der Waals surface area contributed by atoms with Gasteiger partial charge in [0.2, 0.25) is 0 Å². The van der Waals surface area contributed by atoms with E-state index in [1.165, 1.54) is 0 Å². The minimum atomic E-state index is -0.202. The number of aromatic nitrogens is 2. The molecule has 2 aromatic carbocycles. The summed E-state index contributed by atoms with van der Waals surface area (Å²) in [6.45, 7) is 4.95. The molecule has 0 saturated carbocycles. The predicted octanol–water partition coefficient (Wildman–Crippen LogP) is 4.23. The largest absolute Gasteiger partial charge is 0.492 e. The molecule has 4 aromatic rings. The van der Waals surface area contributed by atoms with Crippen molar-refractivity contribution in [1.82, 2.24) is 14.9 Å². The Morgan fingerprint density at radius 2 is 1.90 bits per heavy atom. The van der Waals surface area contributed by atoms with Crippen LogP contribution in [0.3, 0.4) is 0 Å². The molecule has 0 amide bonds. The Kier molecular flexibility index (Phi) is 5.44. The van der Waals surface area contributed by atoms with Gasteiger partial charge < -0.3 is 14.5 Å². The molecule has 0 aliphatic heterocycles. The van der Waals surface area contributed by atoms with Gasteiger partial charge >= 0.3 is 0 Å². The highest BCUT2D eigenvalue weighted by Crippen LogP contribution is 2.25. The van der Waals surface area contributed by atoms with Crippen LogP contribution in [0.4, 0.5) is 0 Å². The van der Waals surface area contributed by atoms with Gasteiger partial charge in [0.1, 0.15) is 17.3 Å².